The zero-order valence-electron chi connectivity index (χ0n) is 30.0. The van der Waals surface area contributed by atoms with Gasteiger partial charge in [0.15, 0.2) is 0 Å². The van der Waals surface area contributed by atoms with Crippen LogP contribution in [-0.4, -0.2) is 0 Å². The molecule has 9 aromatic carbocycles. The third-order valence-electron chi connectivity index (χ3n) is 12.6. The van der Waals surface area contributed by atoms with Crippen molar-refractivity contribution < 1.29 is 4.74 Å². The molecule has 0 bridgehead atoms. The Morgan fingerprint density at radius 3 is 1.18 bits per heavy atom. The Hall–Kier alpha value is -6.96. The van der Waals surface area contributed by atoms with Gasteiger partial charge in [0.2, 0.25) is 0 Å². The number of fused-ring (bicyclic) bond motifs is 14. The van der Waals surface area contributed by atoms with Crippen LogP contribution in [0.2, 0.25) is 0 Å². The lowest BCUT2D eigenvalue weighted by atomic mass is 9.64. The van der Waals surface area contributed by atoms with Gasteiger partial charge in [-0.2, -0.15) is 0 Å². The van der Waals surface area contributed by atoms with Crippen LogP contribution in [0.5, 0.6) is 11.5 Å². The van der Waals surface area contributed by atoms with E-state index in [1.807, 2.05) is 0 Å². The summed E-state index contributed by atoms with van der Waals surface area (Å²) in [5.41, 5.74) is 16.5. The molecule has 1 heterocycles. The lowest BCUT2D eigenvalue weighted by Gasteiger charge is -2.40. The first-order valence-corrected chi connectivity index (χ1v) is 19.2. The Kier molecular flexibility index (Phi) is 6.25. The van der Waals surface area contributed by atoms with Crippen LogP contribution in [0.1, 0.15) is 44.5 Å². The fourth-order valence-electron chi connectivity index (χ4n) is 10.6. The van der Waals surface area contributed by atoms with E-state index in [0.29, 0.717) is 0 Å². The molecule has 0 atom stereocenters. The minimum atomic E-state index is -0.575. The van der Waals surface area contributed by atoms with Gasteiger partial charge in [0.1, 0.15) is 11.5 Å². The maximum atomic E-state index is 7.11. The van der Waals surface area contributed by atoms with Crippen LogP contribution in [0.4, 0.5) is 0 Å². The summed E-state index contributed by atoms with van der Waals surface area (Å²) in [4.78, 5) is 0. The highest BCUT2D eigenvalue weighted by atomic mass is 16.5. The molecule has 3 aliphatic rings. The van der Waals surface area contributed by atoms with Crippen molar-refractivity contribution in [1.82, 2.24) is 0 Å². The molecule has 12 rings (SSSR count). The molecule has 0 amide bonds. The average molecular weight is 699 g/mol. The van der Waals surface area contributed by atoms with Gasteiger partial charge in [-0.25, -0.2) is 0 Å². The number of rotatable bonds is 3. The van der Waals surface area contributed by atoms with Crippen LogP contribution in [-0.2, 0) is 10.8 Å². The molecule has 1 spiro atoms. The van der Waals surface area contributed by atoms with Crippen molar-refractivity contribution >= 4 is 10.8 Å². The van der Waals surface area contributed by atoms with Gasteiger partial charge in [-0.1, -0.05) is 194 Å². The fraction of sp³-hybridized carbons (Fsp3) is 0.0370. The first-order valence-electron chi connectivity index (χ1n) is 19.2. The Morgan fingerprint density at radius 1 is 0.273 bits per heavy atom. The lowest BCUT2D eigenvalue weighted by Crippen LogP contribution is -2.32. The molecule has 9 aromatic rings. The van der Waals surface area contributed by atoms with E-state index in [-0.39, 0.29) is 0 Å². The first-order chi connectivity index (χ1) is 27.3. The highest BCUT2D eigenvalue weighted by molar-refractivity contribution is 6.05. The zero-order valence-corrected chi connectivity index (χ0v) is 30.0. The van der Waals surface area contributed by atoms with Crippen LogP contribution >= 0.6 is 0 Å². The second kappa shape index (κ2) is 11.3. The number of para-hydroxylation sites is 1. The van der Waals surface area contributed by atoms with Crippen molar-refractivity contribution in [2.24, 2.45) is 0 Å². The predicted molar refractivity (Wildman–Crippen MR) is 224 cm³/mol. The Labute approximate surface area is 320 Å². The van der Waals surface area contributed by atoms with Gasteiger partial charge in [0.25, 0.3) is 0 Å². The molecular formula is C54H34O. The molecule has 55 heavy (non-hydrogen) atoms. The standard InChI is InChI=1S/C54H34O/c1-2-18-35(19-3-1)53(44-27-11-6-21-37(44)38-22-7-12-28-45(38)53)46-29-13-10-25-41(46)43-34-50-52(42-26-5-4-20-36(42)43)55-51-33-17-16-32-49(51)54(50)47-30-14-8-23-39(47)40-24-9-15-31-48(40)54/h1-34H. The molecule has 0 saturated heterocycles. The summed E-state index contributed by atoms with van der Waals surface area (Å²) in [6, 6.07) is 76.3. The molecule has 1 aliphatic heterocycles. The van der Waals surface area contributed by atoms with Crippen molar-refractivity contribution in [2.45, 2.75) is 10.8 Å². The highest BCUT2D eigenvalue weighted by Crippen LogP contribution is 2.64. The summed E-state index contributed by atoms with van der Waals surface area (Å²) in [5, 5.41) is 2.28. The number of benzene rings is 9. The molecule has 2 aliphatic carbocycles. The number of ether oxygens (including phenoxy) is 1. The van der Waals surface area contributed by atoms with Crippen LogP contribution in [0.15, 0.2) is 206 Å². The van der Waals surface area contributed by atoms with Crippen molar-refractivity contribution in [2.75, 3.05) is 0 Å². The van der Waals surface area contributed by atoms with Gasteiger partial charge in [0, 0.05) is 16.5 Å². The molecule has 0 unspecified atom stereocenters. The summed E-state index contributed by atoms with van der Waals surface area (Å²) in [7, 11) is 0. The minimum absolute atomic E-state index is 0.546. The Balaban J connectivity index is 1.24. The fourth-order valence-corrected chi connectivity index (χ4v) is 10.6. The summed E-state index contributed by atoms with van der Waals surface area (Å²) >= 11 is 0. The van der Waals surface area contributed by atoms with E-state index in [1.165, 1.54) is 83.3 Å². The molecular weight excluding hydrogens is 665 g/mol. The number of hydrogen-bond acceptors (Lipinski definition) is 1. The van der Waals surface area contributed by atoms with Gasteiger partial charge in [-0.3, -0.25) is 0 Å². The Morgan fingerprint density at radius 2 is 0.655 bits per heavy atom. The molecule has 0 N–H and O–H groups in total. The summed E-state index contributed by atoms with van der Waals surface area (Å²) in [5.74, 6) is 1.83. The van der Waals surface area contributed by atoms with E-state index in [1.54, 1.807) is 0 Å². The smallest absolute Gasteiger partial charge is 0.140 e. The maximum absolute atomic E-state index is 7.11. The second-order valence-corrected chi connectivity index (χ2v) is 15.0. The molecule has 256 valence electrons. The van der Waals surface area contributed by atoms with Gasteiger partial charge >= 0.3 is 0 Å². The van der Waals surface area contributed by atoms with E-state index in [0.717, 1.165) is 16.9 Å². The van der Waals surface area contributed by atoms with Crippen LogP contribution in [0.25, 0.3) is 44.2 Å². The third kappa shape index (κ3) is 3.82. The van der Waals surface area contributed by atoms with Crippen molar-refractivity contribution in [3.05, 3.63) is 251 Å². The van der Waals surface area contributed by atoms with Crippen LogP contribution < -0.4 is 4.74 Å². The molecule has 1 heteroatoms. The van der Waals surface area contributed by atoms with Gasteiger partial charge < -0.3 is 4.74 Å². The van der Waals surface area contributed by atoms with E-state index >= 15 is 0 Å². The SMILES string of the molecule is c1ccc(C2(c3ccccc3-c3cc4c(c5ccccc35)Oc3ccccc3C43c4ccccc4-c4ccccc43)c3ccccc3-c3ccccc32)cc1. The molecule has 0 fully saturated rings. The van der Waals surface area contributed by atoms with Crippen LogP contribution in [0, 0.1) is 0 Å². The third-order valence-corrected chi connectivity index (χ3v) is 12.6. The van der Waals surface area contributed by atoms with E-state index in [9.17, 15) is 0 Å². The van der Waals surface area contributed by atoms with Crippen LogP contribution in [0.3, 0.4) is 0 Å². The highest BCUT2D eigenvalue weighted by Gasteiger charge is 2.52. The zero-order chi connectivity index (χ0) is 36.1. The normalized spacial score (nSPS) is 14.6. The van der Waals surface area contributed by atoms with Gasteiger partial charge in [-0.15, -0.1) is 0 Å². The minimum Gasteiger partial charge on any atom is -0.456 e. The maximum Gasteiger partial charge on any atom is 0.140 e. The van der Waals surface area contributed by atoms with Gasteiger partial charge in [0.05, 0.1) is 10.8 Å². The Bertz CT molecular complexity index is 2930. The van der Waals surface area contributed by atoms with Crippen molar-refractivity contribution in [3.63, 3.8) is 0 Å². The molecule has 1 nitrogen and oxygen atoms in total. The van der Waals surface area contributed by atoms with E-state index in [4.69, 9.17) is 4.74 Å². The van der Waals surface area contributed by atoms with E-state index in [2.05, 4.69) is 206 Å². The molecule has 0 saturated carbocycles. The first kappa shape index (κ1) is 30.5. The quantitative estimate of drug-likeness (QED) is 0.178. The van der Waals surface area contributed by atoms with Gasteiger partial charge in [-0.05, 0) is 84.3 Å². The predicted octanol–water partition coefficient (Wildman–Crippen LogP) is 13.3. The summed E-state index contributed by atoms with van der Waals surface area (Å²) in [6.45, 7) is 0. The van der Waals surface area contributed by atoms with Crippen molar-refractivity contribution in [3.8, 4) is 44.9 Å². The lowest BCUT2D eigenvalue weighted by molar-refractivity contribution is 0.442. The molecule has 0 radical (unpaired) electrons. The monoisotopic (exact) mass is 698 g/mol. The second-order valence-electron chi connectivity index (χ2n) is 15.0. The molecule has 0 aromatic heterocycles. The summed E-state index contributed by atoms with van der Waals surface area (Å²) < 4.78 is 7.11. The van der Waals surface area contributed by atoms with Crippen molar-refractivity contribution in [1.29, 1.82) is 0 Å². The largest absolute Gasteiger partial charge is 0.456 e. The summed E-state index contributed by atoms with van der Waals surface area (Å²) in [6.07, 6.45) is 0. The average Bonchev–Trinajstić information content (AvgIpc) is 3.73. The topological polar surface area (TPSA) is 9.23 Å². The van der Waals surface area contributed by atoms with E-state index < -0.39 is 10.8 Å². The number of hydrogen-bond donors (Lipinski definition) is 0.